The highest BCUT2D eigenvalue weighted by molar-refractivity contribution is 6.31. The summed E-state index contributed by atoms with van der Waals surface area (Å²) in [6, 6.07) is 5.94. The van der Waals surface area contributed by atoms with Gasteiger partial charge in [-0.15, -0.1) is 0 Å². The van der Waals surface area contributed by atoms with Crippen LogP contribution in [0.1, 0.15) is 29.4 Å². The molecule has 1 heterocycles. The van der Waals surface area contributed by atoms with Crippen molar-refractivity contribution in [2.24, 2.45) is 0 Å². The molecule has 20 heavy (non-hydrogen) atoms. The lowest BCUT2D eigenvalue weighted by molar-refractivity contribution is 0.101. The van der Waals surface area contributed by atoms with E-state index >= 15 is 0 Å². The van der Waals surface area contributed by atoms with Gasteiger partial charge in [0.15, 0.2) is 0 Å². The zero-order valence-corrected chi connectivity index (χ0v) is 11.3. The van der Waals surface area contributed by atoms with Crippen LogP contribution in [0.4, 0.5) is 15.8 Å². The van der Waals surface area contributed by atoms with Crippen molar-refractivity contribution >= 4 is 28.9 Å². The maximum atomic E-state index is 13.6. The van der Waals surface area contributed by atoms with Gasteiger partial charge in [-0.3, -0.25) is 4.79 Å². The minimum Gasteiger partial charge on any atom is -0.399 e. The van der Waals surface area contributed by atoms with E-state index in [-0.39, 0.29) is 5.69 Å². The smallest absolute Gasteiger partial charge is 0.272 e. The number of nitrogens with one attached hydrogen (secondary N) is 1. The van der Waals surface area contributed by atoms with E-state index in [4.69, 9.17) is 17.3 Å². The molecule has 2 aromatic rings. The number of benzene rings is 1. The standard InChI is InChI=1S/C14H13ClFN3O/c15-8-5-13(19(7-8)10-2-3-10)14(20)18-12-6-9(17)1-4-11(12)16/h1,4-7,10H,2-3,17H2,(H,18,20). The second kappa shape index (κ2) is 4.83. The number of carbonyl (C=O) groups excluding carboxylic acids is 1. The lowest BCUT2D eigenvalue weighted by Crippen LogP contribution is -2.17. The number of nitrogens with two attached hydrogens (primary N) is 1. The molecule has 0 unspecified atom stereocenters. The molecule has 1 fully saturated rings. The van der Waals surface area contributed by atoms with Crippen molar-refractivity contribution in [2.75, 3.05) is 11.1 Å². The van der Waals surface area contributed by atoms with E-state index in [2.05, 4.69) is 5.32 Å². The minimum atomic E-state index is -0.525. The van der Waals surface area contributed by atoms with Gasteiger partial charge in [0.05, 0.1) is 10.7 Å². The van der Waals surface area contributed by atoms with Gasteiger partial charge in [0.1, 0.15) is 11.5 Å². The SMILES string of the molecule is Nc1ccc(F)c(NC(=O)c2cc(Cl)cn2C2CC2)c1. The van der Waals surface area contributed by atoms with Crippen LogP contribution in [0.5, 0.6) is 0 Å². The normalized spacial score (nSPS) is 14.3. The molecule has 3 N–H and O–H groups in total. The average Bonchev–Trinajstić information content (AvgIpc) is 3.17. The van der Waals surface area contributed by atoms with E-state index in [1.165, 1.54) is 18.2 Å². The Balaban J connectivity index is 1.87. The molecule has 1 saturated carbocycles. The second-order valence-electron chi connectivity index (χ2n) is 4.88. The number of rotatable bonds is 3. The summed E-state index contributed by atoms with van der Waals surface area (Å²) in [6.45, 7) is 0. The molecule has 1 aliphatic rings. The number of aromatic nitrogens is 1. The molecule has 1 aromatic heterocycles. The van der Waals surface area contributed by atoms with Crippen LogP contribution in [-0.2, 0) is 0 Å². The number of nitrogen functional groups attached to an aromatic ring is 1. The highest BCUT2D eigenvalue weighted by atomic mass is 35.5. The molecule has 1 aromatic carbocycles. The number of nitrogens with zero attached hydrogens (tertiary/aromatic N) is 1. The number of hydrogen-bond donors (Lipinski definition) is 2. The Hall–Kier alpha value is -2.01. The highest BCUT2D eigenvalue weighted by Gasteiger charge is 2.28. The van der Waals surface area contributed by atoms with Gasteiger partial charge in [0, 0.05) is 17.9 Å². The summed E-state index contributed by atoms with van der Waals surface area (Å²) in [5.74, 6) is -0.920. The summed E-state index contributed by atoms with van der Waals surface area (Å²) in [5, 5.41) is 3.03. The van der Waals surface area contributed by atoms with Gasteiger partial charge in [-0.1, -0.05) is 11.6 Å². The molecular formula is C14H13ClFN3O. The first kappa shape index (κ1) is 13.0. The van der Waals surface area contributed by atoms with E-state index in [1.807, 2.05) is 4.57 Å². The molecule has 0 radical (unpaired) electrons. The van der Waals surface area contributed by atoms with Crippen LogP contribution in [0, 0.1) is 5.82 Å². The molecule has 6 heteroatoms. The molecule has 104 valence electrons. The summed E-state index contributed by atoms with van der Waals surface area (Å²) in [5.41, 5.74) is 6.47. The maximum Gasteiger partial charge on any atom is 0.272 e. The van der Waals surface area contributed by atoms with Gasteiger partial charge in [-0.25, -0.2) is 4.39 Å². The summed E-state index contributed by atoms with van der Waals surface area (Å²) in [7, 11) is 0. The molecule has 4 nitrogen and oxygen atoms in total. The zero-order chi connectivity index (χ0) is 14.3. The zero-order valence-electron chi connectivity index (χ0n) is 10.6. The van der Waals surface area contributed by atoms with Crippen LogP contribution in [0.25, 0.3) is 0 Å². The van der Waals surface area contributed by atoms with Crippen LogP contribution in [-0.4, -0.2) is 10.5 Å². The molecule has 0 bridgehead atoms. The van der Waals surface area contributed by atoms with Crippen molar-refractivity contribution in [3.8, 4) is 0 Å². The fourth-order valence-electron chi connectivity index (χ4n) is 2.11. The van der Waals surface area contributed by atoms with Crippen molar-refractivity contribution in [3.63, 3.8) is 0 Å². The summed E-state index contributed by atoms with van der Waals surface area (Å²) in [4.78, 5) is 12.2. The molecule has 1 aliphatic carbocycles. The summed E-state index contributed by atoms with van der Waals surface area (Å²) in [6.07, 6.45) is 3.78. The quantitative estimate of drug-likeness (QED) is 0.852. The van der Waals surface area contributed by atoms with E-state index in [0.29, 0.717) is 22.4 Å². The van der Waals surface area contributed by atoms with Gasteiger partial charge >= 0.3 is 0 Å². The van der Waals surface area contributed by atoms with Crippen LogP contribution >= 0.6 is 11.6 Å². The number of anilines is 2. The first-order valence-electron chi connectivity index (χ1n) is 6.28. The Morgan fingerprint density at radius 3 is 2.85 bits per heavy atom. The van der Waals surface area contributed by atoms with Gasteiger partial charge in [0.2, 0.25) is 0 Å². The molecule has 1 amide bonds. The number of carbonyl (C=O) groups is 1. The lowest BCUT2D eigenvalue weighted by Gasteiger charge is -2.09. The molecule has 0 atom stereocenters. The van der Waals surface area contributed by atoms with Gasteiger partial charge in [-0.2, -0.15) is 0 Å². The second-order valence-corrected chi connectivity index (χ2v) is 5.31. The average molecular weight is 294 g/mol. The molecule has 0 saturated heterocycles. The first-order chi connectivity index (χ1) is 9.54. The third-order valence-electron chi connectivity index (χ3n) is 3.23. The molecule has 0 spiro atoms. The Morgan fingerprint density at radius 2 is 2.15 bits per heavy atom. The van der Waals surface area contributed by atoms with E-state index in [9.17, 15) is 9.18 Å². The van der Waals surface area contributed by atoms with Crippen LogP contribution in [0.15, 0.2) is 30.5 Å². The number of halogens is 2. The highest BCUT2D eigenvalue weighted by Crippen LogP contribution is 2.37. The maximum absolute atomic E-state index is 13.6. The van der Waals surface area contributed by atoms with Gasteiger partial charge in [0.25, 0.3) is 5.91 Å². The van der Waals surface area contributed by atoms with E-state index < -0.39 is 11.7 Å². The Kier molecular flexibility index (Phi) is 3.14. The Labute approximate surface area is 120 Å². The number of hydrogen-bond acceptors (Lipinski definition) is 2. The Morgan fingerprint density at radius 1 is 1.40 bits per heavy atom. The predicted octanol–water partition coefficient (Wildman–Crippen LogP) is 3.45. The van der Waals surface area contributed by atoms with Crippen molar-refractivity contribution in [1.29, 1.82) is 0 Å². The van der Waals surface area contributed by atoms with Crippen molar-refractivity contribution in [2.45, 2.75) is 18.9 Å². The fraction of sp³-hybridized carbons (Fsp3) is 0.214. The van der Waals surface area contributed by atoms with Crippen molar-refractivity contribution in [3.05, 3.63) is 47.0 Å². The van der Waals surface area contributed by atoms with Crippen LogP contribution in [0.2, 0.25) is 5.02 Å². The fourth-order valence-corrected chi connectivity index (χ4v) is 2.32. The Bertz CT molecular complexity index is 679. The monoisotopic (exact) mass is 293 g/mol. The molecular weight excluding hydrogens is 281 g/mol. The number of amides is 1. The molecule has 0 aliphatic heterocycles. The van der Waals surface area contributed by atoms with Crippen molar-refractivity contribution in [1.82, 2.24) is 4.57 Å². The van der Waals surface area contributed by atoms with Gasteiger partial charge < -0.3 is 15.6 Å². The van der Waals surface area contributed by atoms with Crippen LogP contribution < -0.4 is 11.1 Å². The third kappa shape index (κ3) is 2.49. The first-order valence-corrected chi connectivity index (χ1v) is 6.66. The predicted molar refractivity (Wildman–Crippen MR) is 76.5 cm³/mol. The topological polar surface area (TPSA) is 60.0 Å². The van der Waals surface area contributed by atoms with Crippen LogP contribution in [0.3, 0.4) is 0 Å². The lowest BCUT2D eigenvalue weighted by atomic mass is 10.2. The summed E-state index contributed by atoms with van der Waals surface area (Å²) < 4.78 is 15.5. The summed E-state index contributed by atoms with van der Waals surface area (Å²) >= 11 is 5.95. The largest absolute Gasteiger partial charge is 0.399 e. The van der Waals surface area contributed by atoms with Gasteiger partial charge in [-0.05, 0) is 37.1 Å². The van der Waals surface area contributed by atoms with Crippen molar-refractivity contribution < 1.29 is 9.18 Å². The third-order valence-corrected chi connectivity index (χ3v) is 3.43. The molecule has 3 rings (SSSR count). The van der Waals surface area contributed by atoms with E-state index in [0.717, 1.165) is 12.8 Å². The minimum absolute atomic E-state index is 0.0645. The van der Waals surface area contributed by atoms with E-state index in [1.54, 1.807) is 12.3 Å².